The fraction of sp³-hybridized carbons (Fsp3) is 0.857. The third kappa shape index (κ3) is 7.38. The monoisotopic (exact) mass is 511 g/mol. The van der Waals surface area contributed by atoms with Crippen LogP contribution in [0.4, 0.5) is 0 Å². The van der Waals surface area contributed by atoms with Gasteiger partial charge in [-0.25, -0.2) is 0 Å². The van der Waals surface area contributed by atoms with Crippen molar-refractivity contribution in [3.63, 3.8) is 0 Å². The van der Waals surface area contributed by atoms with Gasteiger partial charge in [-0.15, -0.1) is 6.58 Å². The molecule has 14 nitrogen and oxygen atoms in total. The Kier molecular flexibility index (Phi) is 11.9. The number of nitrogens with one attached hydrogen (secondary N) is 1. The molecule has 14 heteroatoms. The molecule has 0 aliphatic carbocycles. The molecule has 2 heterocycles. The van der Waals surface area contributed by atoms with Gasteiger partial charge in [0.2, 0.25) is 5.91 Å². The SMILES string of the molecule is C=C[C@@H](O)[C@H](CO[C@@H]1O[C@H](CO)[C@@H](O[C@@H]2O[C@H](CO)[C@H](O)[C@H](O)[C@H]2O)[C@H](O)[C@H]1O)NC(=O)CCC. The zero-order valence-corrected chi connectivity index (χ0v) is 19.4. The van der Waals surface area contributed by atoms with E-state index >= 15 is 0 Å². The molecule has 2 aliphatic heterocycles. The van der Waals surface area contributed by atoms with Gasteiger partial charge >= 0.3 is 0 Å². The second-order valence-corrected chi connectivity index (χ2v) is 8.49. The van der Waals surface area contributed by atoms with Crippen molar-refractivity contribution in [2.24, 2.45) is 0 Å². The summed E-state index contributed by atoms with van der Waals surface area (Å²) in [6, 6.07) is -0.935. The average molecular weight is 512 g/mol. The van der Waals surface area contributed by atoms with E-state index in [0.29, 0.717) is 6.42 Å². The van der Waals surface area contributed by atoms with Crippen molar-refractivity contribution < 1.29 is 64.6 Å². The first-order valence-corrected chi connectivity index (χ1v) is 11.4. The molecule has 9 N–H and O–H groups in total. The number of carbonyl (C=O) groups excluding carboxylic acids is 1. The zero-order valence-electron chi connectivity index (χ0n) is 19.4. The summed E-state index contributed by atoms with van der Waals surface area (Å²) in [6.45, 7) is 3.50. The standard InChI is InChI=1S/C21H37NO13/c1-3-5-13(26)22-9(10(25)4-2)8-32-20-18(31)16(29)19(12(7-24)34-20)35-21-17(30)15(28)14(27)11(6-23)33-21/h4,9-12,14-21,23-25,27-31H,2-3,5-8H2,1H3,(H,22,26)/t9-,10+,11+,12+,14-,15-,16+,17+,18+,19+,20+,21-/m0/s1. The highest BCUT2D eigenvalue weighted by Crippen LogP contribution is 2.29. The van der Waals surface area contributed by atoms with Crippen molar-refractivity contribution in [2.45, 2.75) is 93.3 Å². The number of hydrogen-bond acceptors (Lipinski definition) is 13. The average Bonchev–Trinajstić information content (AvgIpc) is 2.85. The number of carbonyl (C=O) groups is 1. The molecule has 0 spiro atoms. The molecule has 0 radical (unpaired) electrons. The zero-order chi connectivity index (χ0) is 26.3. The largest absolute Gasteiger partial charge is 0.394 e. The highest BCUT2D eigenvalue weighted by atomic mass is 16.7. The minimum atomic E-state index is -1.78. The Morgan fingerprint density at radius 1 is 0.971 bits per heavy atom. The maximum atomic E-state index is 11.9. The summed E-state index contributed by atoms with van der Waals surface area (Å²) in [7, 11) is 0. The van der Waals surface area contributed by atoms with E-state index in [0.717, 1.165) is 0 Å². The van der Waals surface area contributed by atoms with E-state index in [1.54, 1.807) is 6.92 Å². The maximum absolute atomic E-state index is 11.9. The third-order valence-electron chi connectivity index (χ3n) is 5.88. The molecule has 2 rings (SSSR count). The topological polar surface area (TPSA) is 228 Å². The Morgan fingerprint density at radius 2 is 1.57 bits per heavy atom. The molecular weight excluding hydrogens is 474 g/mol. The van der Waals surface area contributed by atoms with Crippen LogP contribution in [0.15, 0.2) is 12.7 Å². The van der Waals surface area contributed by atoms with E-state index < -0.39 is 86.8 Å². The van der Waals surface area contributed by atoms with E-state index in [9.17, 15) is 45.6 Å². The second-order valence-electron chi connectivity index (χ2n) is 8.49. The molecule has 0 bridgehead atoms. The number of ether oxygens (including phenoxy) is 4. The van der Waals surface area contributed by atoms with Gasteiger partial charge in [0.25, 0.3) is 0 Å². The Bertz CT molecular complexity index is 665. The molecule has 204 valence electrons. The molecule has 0 unspecified atom stereocenters. The normalized spacial score (nSPS) is 39.6. The first kappa shape index (κ1) is 30.0. The van der Waals surface area contributed by atoms with Crippen LogP contribution < -0.4 is 5.32 Å². The highest BCUT2D eigenvalue weighted by Gasteiger charge is 2.50. The smallest absolute Gasteiger partial charge is 0.220 e. The van der Waals surface area contributed by atoms with Gasteiger partial charge in [-0.2, -0.15) is 0 Å². The lowest BCUT2D eigenvalue weighted by Crippen LogP contribution is -2.65. The lowest BCUT2D eigenvalue weighted by molar-refractivity contribution is -0.359. The van der Waals surface area contributed by atoms with Gasteiger partial charge in [-0.1, -0.05) is 13.0 Å². The summed E-state index contributed by atoms with van der Waals surface area (Å²) >= 11 is 0. The van der Waals surface area contributed by atoms with E-state index in [1.165, 1.54) is 6.08 Å². The van der Waals surface area contributed by atoms with Gasteiger partial charge in [0, 0.05) is 6.42 Å². The summed E-state index contributed by atoms with van der Waals surface area (Å²) in [5.74, 6) is -0.339. The van der Waals surface area contributed by atoms with Gasteiger partial charge < -0.3 is 65.1 Å². The van der Waals surface area contributed by atoms with Crippen molar-refractivity contribution in [3.05, 3.63) is 12.7 Å². The fourth-order valence-electron chi connectivity index (χ4n) is 3.79. The molecule has 0 aromatic heterocycles. The Labute approximate surface area is 202 Å². The van der Waals surface area contributed by atoms with E-state index in [4.69, 9.17) is 18.9 Å². The molecule has 1 amide bonds. The minimum absolute atomic E-state index is 0.213. The fourth-order valence-corrected chi connectivity index (χ4v) is 3.79. The van der Waals surface area contributed by atoms with Crippen molar-refractivity contribution in [1.29, 1.82) is 0 Å². The predicted molar refractivity (Wildman–Crippen MR) is 115 cm³/mol. The van der Waals surface area contributed by atoms with E-state index in [-0.39, 0.29) is 18.9 Å². The third-order valence-corrected chi connectivity index (χ3v) is 5.88. The molecule has 12 atom stereocenters. The van der Waals surface area contributed by atoms with Gasteiger partial charge in [0.05, 0.1) is 32.0 Å². The van der Waals surface area contributed by atoms with Crippen molar-refractivity contribution in [2.75, 3.05) is 19.8 Å². The number of aliphatic hydroxyl groups excluding tert-OH is 8. The highest BCUT2D eigenvalue weighted by molar-refractivity contribution is 5.76. The van der Waals surface area contributed by atoms with Gasteiger partial charge in [0.1, 0.15) is 48.8 Å². The Hall–Kier alpha value is -1.27. The van der Waals surface area contributed by atoms with Crippen LogP contribution in [0, 0.1) is 0 Å². The molecule has 0 aromatic rings. The van der Waals surface area contributed by atoms with Crippen LogP contribution in [0.1, 0.15) is 19.8 Å². The van der Waals surface area contributed by atoms with E-state index in [1.807, 2.05) is 0 Å². The Morgan fingerprint density at radius 3 is 2.14 bits per heavy atom. The number of aliphatic hydroxyl groups is 8. The van der Waals surface area contributed by atoms with Crippen LogP contribution in [0.3, 0.4) is 0 Å². The van der Waals surface area contributed by atoms with Gasteiger partial charge in [-0.3, -0.25) is 4.79 Å². The summed E-state index contributed by atoms with van der Waals surface area (Å²) < 4.78 is 21.7. The summed E-state index contributed by atoms with van der Waals surface area (Å²) in [6.07, 6.45) is -15.0. The van der Waals surface area contributed by atoms with Crippen LogP contribution >= 0.6 is 0 Å². The van der Waals surface area contributed by atoms with Crippen LogP contribution in [-0.2, 0) is 23.7 Å². The molecular formula is C21H37NO13. The van der Waals surface area contributed by atoms with Gasteiger partial charge in [0.15, 0.2) is 12.6 Å². The van der Waals surface area contributed by atoms with E-state index in [2.05, 4.69) is 11.9 Å². The van der Waals surface area contributed by atoms with Crippen LogP contribution in [-0.4, -0.2) is 140 Å². The molecule has 35 heavy (non-hydrogen) atoms. The second kappa shape index (κ2) is 13.9. The van der Waals surface area contributed by atoms with Crippen LogP contribution in [0.5, 0.6) is 0 Å². The number of hydrogen-bond donors (Lipinski definition) is 9. The molecule has 2 fully saturated rings. The minimum Gasteiger partial charge on any atom is -0.394 e. The molecule has 2 aliphatic rings. The molecule has 0 aromatic carbocycles. The first-order chi connectivity index (χ1) is 16.6. The van der Waals surface area contributed by atoms with Crippen LogP contribution in [0.25, 0.3) is 0 Å². The van der Waals surface area contributed by atoms with Crippen molar-refractivity contribution in [1.82, 2.24) is 5.32 Å². The number of amides is 1. The number of rotatable bonds is 12. The summed E-state index contributed by atoms with van der Waals surface area (Å²) in [5.41, 5.74) is 0. The predicted octanol–water partition coefficient (Wildman–Crippen LogP) is -4.54. The summed E-state index contributed by atoms with van der Waals surface area (Å²) in [4.78, 5) is 11.9. The molecule has 2 saturated heterocycles. The van der Waals surface area contributed by atoms with Crippen molar-refractivity contribution >= 4 is 5.91 Å². The lowest BCUT2D eigenvalue weighted by atomic mass is 9.97. The van der Waals surface area contributed by atoms with Crippen molar-refractivity contribution in [3.8, 4) is 0 Å². The summed E-state index contributed by atoms with van der Waals surface area (Å²) in [5, 5.41) is 82.8. The quantitative estimate of drug-likeness (QED) is 0.113. The molecule has 0 saturated carbocycles. The lowest BCUT2D eigenvalue weighted by Gasteiger charge is -2.46. The Balaban J connectivity index is 2.06. The van der Waals surface area contributed by atoms with Gasteiger partial charge in [-0.05, 0) is 6.42 Å². The maximum Gasteiger partial charge on any atom is 0.220 e. The van der Waals surface area contributed by atoms with Crippen LogP contribution in [0.2, 0.25) is 0 Å². The first-order valence-electron chi connectivity index (χ1n) is 11.4.